The van der Waals surface area contributed by atoms with E-state index in [1.54, 1.807) is 0 Å². The van der Waals surface area contributed by atoms with Gasteiger partial charge in [0.05, 0.1) is 0 Å². The predicted octanol–water partition coefficient (Wildman–Crippen LogP) is 3.34. The van der Waals surface area contributed by atoms with Crippen molar-refractivity contribution < 1.29 is 5.11 Å². The van der Waals surface area contributed by atoms with E-state index in [4.69, 9.17) is 0 Å². The van der Waals surface area contributed by atoms with Crippen LogP contribution in [0.2, 0.25) is 0 Å². The normalized spacial score (nSPS) is 28.8. The third kappa shape index (κ3) is 5.39. The molecule has 1 saturated carbocycles. The van der Waals surface area contributed by atoms with Crippen LogP contribution >= 0.6 is 0 Å². The SMILES string of the molecule is CC1CCCC(NC(CCO)C(C)(C)C)CC1. The van der Waals surface area contributed by atoms with Crippen LogP contribution in [-0.2, 0) is 0 Å². The highest BCUT2D eigenvalue weighted by Crippen LogP contribution is 2.27. The molecule has 0 spiro atoms. The molecule has 2 nitrogen and oxygen atoms in total. The minimum atomic E-state index is 0.237. The van der Waals surface area contributed by atoms with Crippen LogP contribution in [0.3, 0.4) is 0 Å². The largest absolute Gasteiger partial charge is 0.396 e. The minimum Gasteiger partial charge on any atom is -0.396 e. The monoisotopic (exact) mass is 241 g/mol. The van der Waals surface area contributed by atoms with Crippen molar-refractivity contribution in [2.24, 2.45) is 11.3 Å². The lowest BCUT2D eigenvalue weighted by Crippen LogP contribution is -2.46. The zero-order valence-corrected chi connectivity index (χ0v) is 12.1. The van der Waals surface area contributed by atoms with Crippen LogP contribution in [0.5, 0.6) is 0 Å². The highest BCUT2D eigenvalue weighted by Gasteiger charge is 2.27. The van der Waals surface area contributed by atoms with Crippen molar-refractivity contribution in [2.45, 2.75) is 78.3 Å². The van der Waals surface area contributed by atoms with Crippen molar-refractivity contribution in [3.8, 4) is 0 Å². The van der Waals surface area contributed by atoms with Gasteiger partial charge in [-0.05, 0) is 37.0 Å². The molecule has 0 heterocycles. The fraction of sp³-hybridized carbons (Fsp3) is 1.00. The third-order valence-corrected chi connectivity index (χ3v) is 4.16. The number of rotatable bonds is 4. The molecule has 0 aromatic heterocycles. The highest BCUT2D eigenvalue weighted by molar-refractivity contribution is 4.85. The summed E-state index contributed by atoms with van der Waals surface area (Å²) in [5.41, 5.74) is 0.237. The van der Waals surface area contributed by atoms with Gasteiger partial charge in [0.25, 0.3) is 0 Å². The second-order valence-electron chi connectivity index (χ2n) is 6.91. The van der Waals surface area contributed by atoms with Crippen molar-refractivity contribution in [1.29, 1.82) is 0 Å². The second kappa shape index (κ2) is 6.75. The Balaban J connectivity index is 2.48. The van der Waals surface area contributed by atoms with Crippen LogP contribution < -0.4 is 5.32 Å². The molecule has 1 fully saturated rings. The average molecular weight is 241 g/mol. The van der Waals surface area contributed by atoms with E-state index in [2.05, 4.69) is 33.0 Å². The van der Waals surface area contributed by atoms with E-state index >= 15 is 0 Å². The zero-order valence-electron chi connectivity index (χ0n) is 12.1. The van der Waals surface area contributed by atoms with Crippen molar-refractivity contribution >= 4 is 0 Å². The van der Waals surface area contributed by atoms with Gasteiger partial charge in [-0.2, -0.15) is 0 Å². The van der Waals surface area contributed by atoms with Crippen molar-refractivity contribution in [3.05, 3.63) is 0 Å². The smallest absolute Gasteiger partial charge is 0.0446 e. The Morgan fingerprint density at radius 1 is 1.18 bits per heavy atom. The lowest BCUT2D eigenvalue weighted by Gasteiger charge is -2.34. The Hall–Kier alpha value is -0.0800. The first kappa shape index (κ1) is 15.0. The van der Waals surface area contributed by atoms with Crippen molar-refractivity contribution in [1.82, 2.24) is 5.32 Å². The molecule has 0 aromatic carbocycles. The van der Waals surface area contributed by atoms with Gasteiger partial charge in [-0.25, -0.2) is 0 Å². The summed E-state index contributed by atoms with van der Waals surface area (Å²) in [6.45, 7) is 9.45. The van der Waals surface area contributed by atoms with Crippen molar-refractivity contribution in [2.75, 3.05) is 6.61 Å². The first-order valence-electron chi connectivity index (χ1n) is 7.30. The van der Waals surface area contributed by atoms with Crippen LogP contribution in [0.25, 0.3) is 0 Å². The summed E-state index contributed by atoms with van der Waals surface area (Å²) in [6.07, 6.45) is 7.58. The van der Waals surface area contributed by atoms with Crippen LogP contribution in [0, 0.1) is 11.3 Å². The van der Waals surface area contributed by atoms with E-state index in [-0.39, 0.29) is 12.0 Å². The molecule has 0 bridgehead atoms. The number of hydrogen-bond donors (Lipinski definition) is 2. The van der Waals surface area contributed by atoms with E-state index in [0.717, 1.165) is 12.3 Å². The van der Waals surface area contributed by atoms with Gasteiger partial charge in [-0.1, -0.05) is 40.5 Å². The summed E-state index contributed by atoms with van der Waals surface area (Å²) >= 11 is 0. The molecule has 1 aliphatic rings. The summed E-state index contributed by atoms with van der Waals surface area (Å²) in [6, 6.07) is 1.10. The quantitative estimate of drug-likeness (QED) is 0.740. The first-order chi connectivity index (χ1) is 7.93. The molecule has 0 radical (unpaired) electrons. The predicted molar refractivity (Wildman–Crippen MR) is 74.1 cm³/mol. The molecule has 0 aromatic rings. The Morgan fingerprint density at radius 2 is 1.88 bits per heavy atom. The van der Waals surface area contributed by atoms with Gasteiger partial charge < -0.3 is 10.4 Å². The van der Waals surface area contributed by atoms with E-state index in [1.165, 1.54) is 32.1 Å². The maximum atomic E-state index is 9.19. The third-order valence-electron chi connectivity index (χ3n) is 4.16. The van der Waals surface area contributed by atoms with E-state index in [0.29, 0.717) is 12.1 Å². The first-order valence-corrected chi connectivity index (χ1v) is 7.30. The van der Waals surface area contributed by atoms with E-state index < -0.39 is 0 Å². The molecule has 2 N–H and O–H groups in total. The van der Waals surface area contributed by atoms with Gasteiger partial charge in [0.1, 0.15) is 0 Å². The lowest BCUT2D eigenvalue weighted by molar-refractivity contribution is 0.181. The van der Waals surface area contributed by atoms with Gasteiger partial charge in [0.15, 0.2) is 0 Å². The number of aliphatic hydroxyl groups excluding tert-OH is 1. The molecular weight excluding hydrogens is 210 g/mol. The minimum absolute atomic E-state index is 0.237. The van der Waals surface area contributed by atoms with Crippen LogP contribution in [0.1, 0.15) is 66.2 Å². The number of aliphatic hydroxyl groups is 1. The summed E-state index contributed by atoms with van der Waals surface area (Å²) in [7, 11) is 0. The summed E-state index contributed by atoms with van der Waals surface area (Å²) in [5, 5.41) is 13.0. The Morgan fingerprint density at radius 3 is 2.47 bits per heavy atom. The van der Waals surface area contributed by atoms with Gasteiger partial charge in [-0.15, -0.1) is 0 Å². The molecule has 102 valence electrons. The molecule has 0 saturated heterocycles. The average Bonchev–Trinajstić information content (AvgIpc) is 2.42. The molecule has 1 rings (SSSR count). The zero-order chi connectivity index (χ0) is 12.9. The van der Waals surface area contributed by atoms with Crippen LogP contribution in [0.4, 0.5) is 0 Å². The van der Waals surface area contributed by atoms with E-state index in [1.807, 2.05) is 0 Å². The molecule has 2 heteroatoms. The number of hydrogen-bond acceptors (Lipinski definition) is 2. The maximum absolute atomic E-state index is 9.19. The molecule has 3 atom stereocenters. The lowest BCUT2D eigenvalue weighted by atomic mass is 9.84. The van der Waals surface area contributed by atoms with E-state index in [9.17, 15) is 5.11 Å². The molecular formula is C15H31NO. The summed E-state index contributed by atoms with van der Waals surface area (Å²) < 4.78 is 0. The maximum Gasteiger partial charge on any atom is 0.0446 e. The molecule has 1 aliphatic carbocycles. The van der Waals surface area contributed by atoms with Gasteiger partial charge >= 0.3 is 0 Å². The molecule has 0 amide bonds. The topological polar surface area (TPSA) is 32.3 Å². The number of nitrogens with one attached hydrogen (secondary N) is 1. The van der Waals surface area contributed by atoms with Gasteiger partial charge in [-0.3, -0.25) is 0 Å². The van der Waals surface area contributed by atoms with Gasteiger partial charge in [0.2, 0.25) is 0 Å². The molecule has 17 heavy (non-hydrogen) atoms. The Kier molecular flexibility index (Phi) is 5.94. The molecule has 3 unspecified atom stereocenters. The highest BCUT2D eigenvalue weighted by atomic mass is 16.3. The Bertz CT molecular complexity index is 209. The van der Waals surface area contributed by atoms with Crippen LogP contribution in [-0.4, -0.2) is 23.8 Å². The second-order valence-corrected chi connectivity index (χ2v) is 6.91. The summed E-state index contributed by atoms with van der Waals surface area (Å²) in [4.78, 5) is 0. The molecule has 0 aliphatic heterocycles. The van der Waals surface area contributed by atoms with Gasteiger partial charge in [0, 0.05) is 18.7 Å². The fourth-order valence-electron chi connectivity index (χ4n) is 2.83. The standard InChI is InChI=1S/C15H31NO/c1-12-6-5-7-13(9-8-12)16-14(10-11-17)15(2,3)4/h12-14,16-17H,5-11H2,1-4H3. The Labute approximate surface area is 107 Å². The van der Waals surface area contributed by atoms with Crippen molar-refractivity contribution in [3.63, 3.8) is 0 Å². The summed E-state index contributed by atoms with van der Waals surface area (Å²) in [5.74, 6) is 0.896. The van der Waals surface area contributed by atoms with Crippen LogP contribution in [0.15, 0.2) is 0 Å². The fourth-order valence-corrected chi connectivity index (χ4v) is 2.83.